The number of urea groups is 2. The molecule has 22 nitrogen and oxygen atoms in total. The van der Waals surface area contributed by atoms with E-state index in [0.717, 1.165) is 21.9 Å². The summed E-state index contributed by atoms with van der Waals surface area (Å²) in [5.41, 5.74) is 4.11. The Morgan fingerprint density at radius 3 is 1.28 bits per heavy atom. The van der Waals surface area contributed by atoms with E-state index < -0.39 is 93.0 Å². The zero-order chi connectivity index (χ0) is 55.7. The van der Waals surface area contributed by atoms with Gasteiger partial charge in [0, 0.05) is 80.2 Å². The lowest BCUT2D eigenvalue weighted by Crippen LogP contribution is -2.56. The van der Waals surface area contributed by atoms with E-state index in [-0.39, 0.29) is 71.9 Å². The number of amides is 6. The van der Waals surface area contributed by atoms with E-state index in [1.165, 1.54) is 56.9 Å². The lowest BCUT2D eigenvalue weighted by Gasteiger charge is -2.43. The first-order valence-corrected chi connectivity index (χ1v) is 25.5. The van der Waals surface area contributed by atoms with Crippen molar-refractivity contribution in [3.05, 3.63) is 58.9 Å². The van der Waals surface area contributed by atoms with E-state index in [9.17, 15) is 23.4 Å². The number of carbonyl (C=O) groups is 4. The molecule has 6 amide bonds. The first kappa shape index (κ1) is 56.3. The summed E-state index contributed by atoms with van der Waals surface area (Å²) in [4.78, 5) is 77.4. The molecule has 1 atom stereocenters. The third-order valence-electron chi connectivity index (χ3n) is 12.5. The van der Waals surface area contributed by atoms with Gasteiger partial charge >= 0.3 is 24.2 Å². The molecule has 27 heteroatoms. The van der Waals surface area contributed by atoms with Crippen LogP contribution in [0.3, 0.4) is 0 Å². The van der Waals surface area contributed by atoms with Crippen LogP contribution in [-0.4, -0.2) is 142 Å². The van der Waals surface area contributed by atoms with Crippen LogP contribution in [0.2, 0.25) is 0 Å². The standard InChI is InChI=1S/C25H31F2N5O6S.C24H30F2N6O5/c1-25(2,3)38-24(34)30-9-7-15(8-10-30)32-21-14(12-28-22(29-21)39(6)35)13-31(23(32)33)20-18(26)16(36-4)11-17(37-5)19(20)27;1-24(2,3)37-23(34)30-8-6-14(7-9-30)32-20-13(11-28-21(27)29-20)12-31(22(32)33)19-17(25)15(35-4)10-16(36-5)18(19)26/h11-12,15H,7-10,13H2,1-6H3;10-11,14H,6-9,12H2,1-5H3,(H2,27,28,29). The smallest absolute Gasteiger partial charge is 0.410 e. The monoisotopic (exact) mass is 1090 g/mol. The third-order valence-corrected chi connectivity index (χ3v) is 13.2. The Balaban J connectivity index is 0.000000221. The molecule has 2 N–H and O–H groups in total. The van der Waals surface area contributed by atoms with Crippen molar-refractivity contribution in [3.63, 3.8) is 0 Å². The number of piperidine rings is 2. The van der Waals surface area contributed by atoms with Gasteiger partial charge in [0.25, 0.3) is 0 Å². The summed E-state index contributed by atoms with van der Waals surface area (Å²) in [5.74, 6) is -4.96. The zero-order valence-electron chi connectivity index (χ0n) is 44.0. The Morgan fingerprint density at radius 2 is 0.947 bits per heavy atom. The molecule has 1 unspecified atom stereocenters. The minimum Gasteiger partial charge on any atom is -0.493 e. The lowest BCUT2D eigenvalue weighted by molar-refractivity contribution is 0.0195. The van der Waals surface area contributed by atoms with Crippen molar-refractivity contribution in [2.45, 2.75) is 109 Å². The molecule has 4 aliphatic heterocycles. The molecule has 6 heterocycles. The van der Waals surface area contributed by atoms with Crippen molar-refractivity contribution in [2.24, 2.45) is 0 Å². The number of nitrogens with two attached hydrogens (primary N) is 1. The van der Waals surface area contributed by atoms with Crippen LogP contribution in [0.1, 0.15) is 78.4 Å². The summed E-state index contributed by atoms with van der Waals surface area (Å²) in [6, 6.07) is -0.214. The lowest BCUT2D eigenvalue weighted by atomic mass is 10.0. The molecule has 76 heavy (non-hydrogen) atoms. The molecule has 2 fully saturated rings. The summed E-state index contributed by atoms with van der Waals surface area (Å²) in [6.07, 6.45) is 4.78. The summed E-state index contributed by atoms with van der Waals surface area (Å²) >= 11 is 0. The number of ether oxygens (including phenoxy) is 6. The number of fused-ring (bicyclic) bond motifs is 2. The normalized spacial score (nSPS) is 16.8. The SMILES string of the molecule is COc1cc(OC)c(F)c(N2Cc3cnc(N)nc3N(C3CCN(C(=O)OC(C)(C)C)CC3)C2=O)c1F.COc1cc(OC)c(F)c(N2Cc3cnc(S(C)=O)nc3N(C3CCN(C(=O)OC(C)(C)C)CC3)C2=O)c1F. The quantitative estimate of drug-likeness (QED) is 0.126. The average Bonchev–Trinajstić information content (AvgIpc) is 3.36. The molecule has 0 aliphatic carbocycles. The van der Waals surface area contributed by atoms with Gasteiger partial charge in [-0.1, -0.05) is 0 Å². The second-order valence-corrected chi connectivity index (χ2v) is 21.2. The molecule has 0 radical (unpaired) electrons. The number of benzene rings is 2. The average molecular weight is 1090 g/mol. The fraction of sp³-hybridized carbons (Fsp3) is 0.510. The molecule has 2 aromatic carbocycles. The number of methoxy groups -OCH3 is 4. The van der Waals surface area contributed by atoms with Crippen LogP contribution >= 0.6 is 0 Å². The predicted molar refractivity (Wildman–Crippen MR) is 270 cm³/mol. The molecule has 0 bridgehead atoms. The molecular formula is C49H61F4N11O11S. The van der Waals surface area contributed by atoms with Crippen LogP contribution in [0.25, 0.3) is 0 Å². The van der Waals surface area contributed by atoms with Gasteiger partial charge in [0.2, 0.25) is 11.1 Å². The number of rotatable bonds is 9. The number of anilines is 5. The van der Waals surface area contributed by atoms with E-state index in [2.05, 4.69) is 19.9 Å². The number of halogens is 4. The van der Waals surface area contributed by atoms with Gasteiger partial charge in [0.15, 0.2) is 46.3 Å². The van der Waals surface area contributed by atoms with Gasteiger partial charge in [0.05, 0.1) is 52.3 Å². The number of likely N-dealkylation sites (tertiary alicyclic amines) is 2. The van der Waals surface area contributed by atoms with Crippen molar-refractivity contribution in [2.75, 3.05) is 86.2 Å². The van der Waals surface area contributed by atoms with E-state index >= 15 is 17.6 Å². The van der Waals surface area contributed by atoms with Gasteiger partial charge in [0.1, 0.15) is 34.2 Å². The number of aromatic nitrogens is 4. The maximum absolute atomic E-state index is 15.4. The maximum atomic E-state index is 15.4. The number of carbonyl (C=O) groups excluding carboxylic acids is 4. The van der Waals surface area contributed by atoms with E-state index in [0.29, 0.717) is 49.9 Å². The molecular weight excluding hydrogens is 1030 g/mol. The van der Waals surface area contributed by atoms with E-state index in [1.54, 1.807) is 51.3 Å². The Morgan fingerprint density at radius 1 is 0.605 bits per heavy atom. The second kappa shape index (κ2) is 22.4. The highest BCUT2D eigenvalue weighted by Crippen LogP contribution is 2.44. The minimum absolute atomic E-state index is 0.0200. The van der Waals surface area contributed by atoms with Crippen molar-refractivity contribution < 1.29 is 69.4 Å². The molecule has 4 aromatic rings. The van der Waals surface area contributed by atoms with Crippen molar-refractivity contribution in [1.29, 1.82) is 0 Å². The Hall–Kier alpha value is -7.45. The fourth-order valence-electron chi connectivity index (χ4n) is 8.98. The molecule has 0 saturated carbocycles. The second-order valence-electron chi connectivity index (χ2n) is 19.9. The Kier molecular flexibility index (Phi) is 16.6. The van der Waals surface area contributed by atoms with Crippen molar-refractivity contribution >= 4 is 64.0 Å². The first-order valence-electron chi connectivity index (χ1n) is 24.0. The van der Waals surface area contributed by atoms with Crippen LogP contribution < -0.4 is 44.3 Å². The minimum atomic E-state index is -1.54. The Bertz CT molecular complexity index is 2860. The van der Waals surface area contributed by atoms with Crippen molar-refractivity contribution in [3.8, 4) is 23.0 Å². The highest BCUT2D eigenvalue weighted by Gasteiger charge is 2.44. The molecule has 8 rings (SSSR count). The van der Waals surface area contributed by atoms with Crippen LogP contribution in [0.15, 0.2) is 29.7 Å². The molecule has 0 spiro atoms. The molecule has 2 aromatic heterocycles. The summed E-state index contributed by atoms with van der Waals surface area (Å²) in [6.45, 7) is 11.4. The van der Waals surface area contributed by atoms with Gasteiger partial charge in [-0.3, -0.25) is 23.8 Å². The van der Waals surface area contributed by atoms with Crippen LogP contribution in [-0.2, 0) is 33.4 Å². The highest BCUT2D eigenvalue weighted by molar-refractivity contribution is 7.84. The Labute approximate surface area is 438 Å². The van der Waals surface area contributed by atoms with Gasteiger partial charge in [-0.25, -0.2) is 51.7 Å². The number of nitrogen functional groups attached to an aromatic ring is 1. The number of hydrogen-bond acceptors (Lipinski definition) is 16. The maximum Gasteiger partial charge on any atom is 0.410 e. The summed E-state index contributed by atoms with van der Waals surface area (Å²) < 4.78 is 105. The third kappa shape index (κ3) is 11.7. The largest absolute Gasteiger partial charge is 0.493 e. The summed E-state index contributed by atoms with van der Waals surface area (Å²) in [7, 11) is 3.36. The van der Waals surface area contributed by atoms with Gasteiger partial charge in [-0.05, 0) is 67.2 Å². The number of nitrogens with zero attached hydrogens (tertiary/aromatic N) is 10. The highest BCUT2D eigenvalue weighted by atomic mass is 32.2. The molecule has 4 aliphatic rings. The molecule has 2 saturated heterocycles. The van der Waals surface area contributed by atoms with Crippen LogP contribution in [0.4, 0.5) is 65.7 Å². The number of hydrogen-bond donors (Lipinski definition) is 1. The fourth-order valence-corrected chi connectivity index (χ4v) is 9.40. The molecule has 412 valence electrons. The van der Waals surface area contributed by atoms with Gasteiger partial charge in [-0.15, -0.1) is 0 Å². The topological polar surface area (TPSA) is 238 Å². The van der Waals surface area contributed by atoms with E-state index in [4.69, 9.17) is 34.2 Å². The summed E-state index contributed by atoms with van der Waals surface area (Å²) in [5, 5.41) is 0.0200. The first-order chi connectivity index (χ1) is 35.8. The van der Waals surface area contributed by atoms with Crippen LogP contribution in [0.5, 0.6) is 23.0 Å². The van der Waals surface area contributed by atoms with E-state index in [1.807, 2.05) is 0 Å². The van der Waals surface area contributed by atoms with Crippen molar-refractivity contribution in [1.82, 2.24) is 29.7 Å². The zero-order valence-corrected chi connectivity index (χ0v) is 44.8. The van der Waals surface area contributed by atoms with Gasteiger partial charge in [-0.2, -0.15) is 4.98 Å². The van der Waals surface area contributed by atoms with Gasteiger partial charge < -0.3 is 44.0 Å². The predicted octanol–water partition coefficient (Wildman–Crippen LogP) is 7.56. The van der Waals surface area contributed by atoms with Crippen LogP contribution in [0, 0.1) is 23.3 Å².